The zero-order valence-corrected chi connectivity index (χ0v) is 25.9. The van der Waals surface area contributed by atoms with Crippen molar-refractivity contribution in [2.75, 3.05) is 23.5 Å². The Balaban J connectivity index is 1.77. The van der Waals surface area contributed by atoms with E-state index in [0.29, 0.717) is 16.3 Å². The number of hydrogen-bond donors (Lipinski definition) is 5. The average Bonchev–Trinajstić information content (AvgIpc) is 3.46. The van der Waals surface area contributed by atoms with E-state index in [0.717, 1.165) is 66.9 Å². The van der Waals surface area contributed by atoms with Gasteiger partial charge in [0.25, 0.3) is 0 Å². The highest BCUT2D eigenvalue weighted by Gasteiger charge is 2.42. The number of aliphatic carboxylic acids is 1. The molecule has 224 valence electrons. The number of imidazole rings is 1. The van der Waals surface area contributed by atoms with E-state index >= 15 is 0 Å². The summed E-state index contributed by atoms with van der Waals surface area (Å²) in [7, 11) is -3.14. The molecule has 0 amide bonds. The van der Waals surface area contributed by atoms with Crippen molar-refractivity contribution in [1.82, 2.24) is 15.3 Å². The largest absolute Gasteiger partial charge is 0.480 e. The number of benzene rings is 2. The maximum absolute atomic E-state index is 12.0. The van der Waals surface area contributed by atoms with Gasteiger partial charge in [0.15, 0.2) is 0 Å². The van der Waals surface area contributed by atoms with Gasteiger partial charge in [-0.25, -0.2) is 4.98 Å². The SMILES string of the molecule is CCCCC1(CCCC)CN(c2ccccc2)c2cc(SC)c(CNC(Cc3c[nH]cn3)C(=O)O)cc2S(O)(O)C1. The number of thioether (sulfide) groups is 1. The molecule has 0 spiro atoms. The summed E-state index contributed by atoms with van der Waals surface area (Å²) in [6.45, 7) is 5.37. The van der Waals surface area contributed by atoms with Crippen LogP contribution in [0.5, 0.6) is 0 Å². The predicted molar refractivity (Wildman–Crippen MR) is 170 cm³/mol. The maximum atomic E-state index is 12.0. The summed E-state index contributed by atoms with van der Waals surface area (Å²) in [4.78, 5) is 22.9. The number of carbonyl (C=O) groups is 1. The first-order valence-electron chi connectivity index (χ1n) is 14.4. The zero-order valence-electron chi connectivity index (χ0n) is 24.3. The van der Waals surface area contributed by atoms with Crippen LogP contribution in [0.15, 0.2) is 64.8 Å². The molecule has 2 aromatic carbocycles. The monoisotopic (exact) mass is 600 g/mol. The van der Waals surface area contributed by atoms with Gasteiger partial charge < -0.3 is 15.0 Å². The number of hydrogen-bond acceptors (Lipinski definition) is 7. The number of aromatic nitrogens is 2. The lowest BCUT2D eigenvalue weighted by Gasteiger charge is -2.42. The topological polar surface area (TPSA) is 122 Å². The third-order valence-corrected chi connectivity index (χ3v) is 10.9. The van der Waals surface area contributed by atoms with Gasteiger partial charge in [0, 0.05) is 47.5 Å². The number of carboxylic acids is 1. The van der Waals surface area contributed by atoms with Crippen molar-refractivity contribution in [3.05, 3.63) is 66.2 Å². The molecule has 0 fully saturated rings. The molecule has 1 aromatic heterocycles. The standard InChI is InChI=1S/C31H44N4O4S2/c1-4-6-13-31(14-7-5-2)20-35(25-11-9-8-10-12-25)27-17-28(40-3)23(15-29(27)41(38,39)21-31)18-33-26(30(36)37)16-24-19-32-22-34-24/h8-12,15,17,19,22,26,33,38-39H,4-7,13-14,16,18,20-21H2,1-3H3,(H,32,34)(H,36,37). The summed E-state index contributed by atoms with van der Waals surface area (Å²) >= 11 is 1.58. The van der Waals surface area contributed by atoms with E-state index in [1.54, 1.807) is 18.0 Å². The van der Waals surface area contributed by atoms with Gasteiger partial charge in [0.05, 0.1) is 22.6 Å². The molecule has 0 saturated heterocycles. The van der Waals surface area contributed by atoms with Crippen molar-refractivity contribution in [2.24, 2.45) is 5.41 Å². The molecule has 5 N–H and O–H groups in total. The second-order valence-corrected chi connectivity index (χ2v) is 14.0. The van der Waals surface area contributed by atoms with Crippen LogP contribution in [-0.4, -0.2) is 54.7 Å². The third-order valence-electron chi connectivity index (χ3n) is 8.00. The van der Waals surface area contributed by atoms with E-state index in [1.165, 1.54) is 6.33 Å². The molecule has 10 heteroatoms. The Kier molecular flexibility index (Phi) is 10.8. The van der Waals surface area contributed by atoms with Crippen LogP contribution < -0.4 is 10.2 Å². The molecule has 1 atom stereocenters. The molecule has 8 nitrogen and oxygen atoms in total. The van der Waals surface area contributed by atoms with Crippen molar-refractivity contribution in [1.29, 1.82) is 0 Å². The molecule has 0 bridgehead atoms. The van der Waals surface area contributed by atoms with E-state index < -0.39 is 22.6 Å². The van der Waals surface area contributed by atoms with E-state index in [1.807, 2.05) is 30.5 Å². The number of H-pyrrole nitrogens is 1. The van der Waals surface area contributed by atoms with Gasteiger partial charge in [-0.05, 0) is 48.9 Å². The molecule has 1 unspecified atom stereocenters. The second kappa shape index (κ2) is 14.1. The van der Waals surface area contributed by atoms with Crippen molar-refractivity contribution in [3.63, 3.8) is 0 Å². The van der Waals surface area contributed by atoms with Gasteiger partial charge >= 0.3 is 5.97 Å². The van der Waals surface area contributed by atoms with Crippen LogP contribution in [0.4, 0.5) is 11.4 Å². The van der Waals surface area contributed by atoms with Gasteiger partial charge in [-0.2, -0.15) is 10.6 Å². The van der Waals surface area contributed by atoms with Gasteiger partial charge in [0.2, 0.25) is 0 Å². The van der Waals surface area contributed by atoms with Crippen LogP contribution in [0.25, 0.3) is 0 Å². The first-order valence-corrected chi connectivity index (χ1v) is 17.4. The van der Waals surface area contributed by atoms with Crippen LogP contribution in [0.3, 0.4) is 0 Å². The van der Waals surface area contributed by atoms with Crippen molar-refractivity contribution in [3.8, 4) is 0 Å². The molecule has 41 heavy (non-hydrogen) atoms. The smallest absolute Gasteiger partial charge is 0.321 e. The number of carboxylic acid groups (broad SMARTS) is 1. The Labute approximate surface area is 249 Å². The highest BCUT2D eigenvalue weighted by Crippen LogP contribution is 2.61. The lowest BCUT2D eigenvalue weighted by Crippen LogP contribution is -2.38. The fourth-order valence-corrected chi connectivity index (χ4v) is 8.67. The van der Waals surface area contributed by atoms with Crippen molar-refractivity contribution in [2.45, 2.75) is 81.2 Å². The quantitative estimate of drug-likeness (QED) is 0.120. The highest BCUT2D eigenvalue weighted by atomic mass is 32.3. The summed E-state index contributed by atoms with van der Waals surface area (Å²) in [6, 6.07) is 13.4. The molecule has 3 aromatic rings. The molecule has 0 radical (unpaired) electrons. The Bertz CT molecular complexity index is 1260. The molecular weight excluding hydrogens is 556 g/mol. The average molecular weight is 601 g/mol. The van der Waals surface area contributed by atoms with Crippen LogP contribution in [0.1, 0.15) is 63.6 Å². The molecule has 0 aliphatic carbocycles. The Morgan fingerprint density at radius 1 is 1.17 bits per heavy atom. The summed E-state index contributed by atoms with van der Waals surface area (Å²) in [5.41, 5.74) is 3.14. The van der Waals surface area contributed by atoms with E-state index in [9.17, 15) is 19.0 Å². The molecule has 1 aliphatic rings. The van der Waals surface area contributed by atoms with Gasteiger partial charge in [-0.1, -0.05) is 57.7 Å². The zero-order chi connectivity index (χ0) is 29.5. The van der Waals surface area contributed by atoms with E-state index in [-0.39, 0.29) is 18.4 Å². The van der Waals surface area contributed by atoms with Gasteiger partial charge in [-0.3, -0.25) is 19.2 Å². The number of rotatable bonds is 14. The number of para-hydroxylation sites is 1. The maximum Gasteiger partial charge on any atom is 0.321 e. The molecule has 2 heterocycles. The number of nitrogens with one attached hydrogen (secondary N) is 2. The summed E-state index contributed by atoms with van der Waals surface area (Å²) in [5, 5.41) is 13.0. The number of anilines is 2. The molecule has 1 aliphatic heterocycles. The lowest BCUT2D eigenvalue weighted by molar-refractivity contribution is -0.139. The van der Waals surface area contributed by atoms with Crippen molar-refractivity contribution < 1.29 is 19.0 Å². The van der Waals surface area contributed by atoms with Gasteiger partial charge in [-0.15, -0.1) is 11.8 Å². The minimum Gasteiger partial charge on any atom is -0.480 e. The summed E-state index contributed by atoms with van der Waals surface area (Å²) < 4.78 is 23.8. The Hall–Kier alpha value is -2.50. The minimum absolute atomic E-state index is 0.240. The predicted octanol–water partition coefficient (Wildman–Crippen LogP) is 7.55. The van der Waals surface area contributed by atoms with Crippen LogP contribution in [0.2, 0.25) is 0 Å². The fourth-order valence-electron chi connectivity index (χ4n) is 5.82. The van der Waals surface area contributed by atoms with E-state index in [4.69, 9.17) is 0 Å². The second-order valence-electron chi connectivity index (χ2n) is 11.1. The first kappa shape index (κ1) is 31.4. The number of unbranched alkanes of at least 4 members (excludes halogenated alkanes) is 2. The number of aromatic amines is 1. The van der Waals surface area contributed by atoms with Crippen LogP contribution in [0, 0.1) is 5.41 Å². The number of nitrogens with zero attached hydrogens (tertiary/aromatic N) is 2. The Morgan fingerprint density at radius 2 is 1.88 bits per heavy atom. The minimum atomic E-state index is -3.14. The van der Waals surface area contributed by atoms with E-state index in [2.05, 4.69) is 52.2 Å². The number of fused-ring (bicyclic) bond motifs is 1. The Morgan fingerprint density at radius 3 is 2.46 bits per heavy atom. The summed E-state index contributed by atoms with van der Waals surface area (Å²) in [5.74, 6) is -0.622. The molecule has 0 saturated carbocycles. The highest BCUT2D eigenvalue weighted by molar-refractivity contribution is 8.24. The van der Waals surface area contributed by atoms with Crippen LogP contribution >= 0.6 is 22.4 Å². The lowest BCUT2D eigenvalue weighted by atomic mass is 9.79. The van der Waals surface area contributed by atoms with Crippen LogP contribution in [-0.2, 0) is 17.8 Å². The molecule has 4 rings (SSSR count). The third kappa shape index (κ3) is 7.67. The summed E-state index contributed by atoms with van der Waals surface area (Å²) in [6.07, 6.45) is 11.5. The molecular formula is C31H44N4O4S2. The van der Waals surface area contributed by atoms with Gasteiger partial charge in [0.1, 0.15) is 6.04 Å². The fraction of sp³-hybridized carbons (Fsp3) is 0.484. The van der Waals surface area contributed by atoms with Crippen molar-refractivity contribution >= 4 is 39.7 Å². The first-order chi connectivity index (χ1) is 19.7. The normalized spacial score (nSPS) is 17.4.